The molecule has 5 rings (SSSR count). The molecular formula is C24H23N5O2S. The first kappa shape index (κ1) is 20.5. The van der Waals surface area contributed by atoms with Crippen LogP contribution in [0.3, 0.4) is 0 Å². The van der Waals surface area contributed by atoms with Gasteiger partial charge in [0, 0.05) is 11.8 Å². The highest BCUT2D eigenvalue weighted by atomic mass is 32.2. The molecule has 0 aliphatic rings. The Morgan fingerprint density at radius 3 is 2.59 bits per heavy atom. The largest absolute Gasteiger partial charge is 0.361 e. The highest BCUT2D eigenvalue weighted by Crippen LogP contribution is 2.26. The van der Waals surface area contributed by atoms with Gasteiger partial charge in [-0.1, -0.05) is 55.0 Å². The number of aromatic nitrogens is 5. The summed E-state index contributed by atoms with van der Waals surface area (Å²) in [6, 6.07) is 17.6. The fourth-order valence-corrected chi connectivity index (χ4v) is 4.64. The van der Waals surface area contributed by atoms with Gasteiger partial charge in [0.25, 0.3) is 5.56 Å². The topological polar surface area (TPSA) is 78.2 Å². The molecule has 0 aliphatic heterocycles. The lowest BCUT2D eigenvalue weighted by Crippen LogP contribution is -2.21. The molecular weight excluding hydrogens is 422 g/mol. The van der Waals surface area contributed by atoms with Gasteiger partial charge in [-0.05, 0) is 49.1 Å². The second kappa shape index (κ2) is 8.27. The molecule has 8 heteroatoms. The zero-order valence-corrected chi connectivity index (χ0v) is 19.0. The average Bonchev–Trinajstić information content (AvgIpc) is 3.44. The average molecular weight is 446 g/mol. The van der Waals surface area contributed by atoms with Crippen LogP contribution < -0.4 is 5.56 Å². The second-order valence-electron chi connectivity index (χ2n) is 7.89. The third kappa shape index (κ3) is 3.50. The van der Waals surface area contributed by atoms with Crippen LogP contribution in [0.2, 0.25) is 0 Å². The normalized spacial score (nSPS) is 12.6. The van der Waals surface area contributed by atoms with Gasteiger partial charge in [-0.15, -0.1) is 10.2 Å². The molecule has 0 saturated carbocycles. The van der Waals surface area contributed by atoms with Gasteiger partial charge in [0.05, 0.1) is 22.3 Å². The summed E-state index contributed by atoms with van der Waals surface area (Å²) in [4.78, 5) is 13.5. The SMILES string of the molecule is CC[C@@H](C)c1ccc(-n2c(=O)c3ccccc3n3c(SCc4cc(C)on4)nnc23)cc1. The first-order valence-electron chi connectivity index (χ1n) is 10.6. The quantitative estimate of drug-likeness (QED) is 0.337. The van der Waals surface area contributed by atoms with E-state index in [-0.39, 0.29) is 5.56 Å². The molecule has 5 aromatic rings. The van der Waals surface area contributed by atoms with E-state index in [1.54, 1.807) is 4.57 Å². The Labute approximate surface area is 189 Å². The molecule has 0 unspecified atom stereocenters. The molecule has 3 heterocycles. The zero-order chi connectivity index (χ0) is 22.2. The van der Waals surface area contributed by atoms with Gasteiger partial charge < -0.3 is 4.52 Å². The van der Waals surface area contributed by atoms with E-state index < -0.39 is 0 Å². The first-order chi connectivity index (χ1) is 15.6. The molecule has 0 saturated heterocycles. The third-order valence-electron chi connectivity index (χ3n) is 5.75. The van der Waals surface area contributed by atoms with E-state index in [4.69, 9.17) is 4.52 Å². The van der Waals surface area contributed by atoms with Crippen molar-refractivity contribution in [2.75, 3.05) is 0 Å². The van der Waals surface area contributed by atoms with Crippen molar-refractivity contribution in [2.45, 2.75) is 44.0 Å². The molecule has 32 heavy (non-hydrogen) atoms. The predicted octanol–water partition coefficient (Wildman–Crippen LogP) is 5.14. The van der Waals surface area contributed by atoms with E-state index in [2.05, 4.69) is 41.3 Å². The number of nitrogens with zero attached hydrogens (tertiary/aromatic N) is 5. The van der Waals surface area contributed by atoms with Gasteiger partial charge in [-0.2, -0.15) is 0 Å². The smallest absolute Gasteiger partial charge is 0.267 e. The Hall–Kier alpha value is -3.39. The van der Waals surface area contributed by atoms with E-state index in [1.165, 1.54) is 17.3 Å². The summed E-state index contributed by atoms with van der Waals surface area (Å²) < 4.78 is 8.75. The maximum Gasteiger partial charge on any atom is 0.267 e. The Morgan fingerprint density at radius 2 is 1.88 bits per heavy atom. The van der Waals surface area contributed by atoms with Gasteiger partial charge >= 0.3 is 0 Å². The highest BCUT2D eigenvalue weighted by molar-refractivity contribution is 7.98. The van der Waals surface area contributed by atoms with Crippen molar-refractivity contribution in [3.63, 3.8) is 0 Å². The van der Waals surface area contributed by atoms with E-state index in [0.29, 0.717) is 28.0 Å². The van der Waals surface area contributed by atoms with E-state index in [1.807, 2.05) is 53.8 Å². The summed E-state index contributed by atoms with van der Waals surface area (Å²) in [7, 11) is 0. The number of hydrogen-bond donors (Lipinski definition) is 0. The first-order valence-corrected chi connectivity index (χ1v) is 11.6. The molecule has 1 atom stereocenters. The fraction of sp³-hybridized carbons (Fsp3) is 0.250. The molecule has 0 fully saturated rings. The number of hydrogen-bond acceptors (Lipinski definition) is 6. The van der Waals surface area contributed by atoms with Crippen LogP contribution in [0.5, 0.6) is 0 Å². The number of fused-ring (bicyclic) bond motifs is 3. The summed E-state index contributed by atoms with van der Waals surface area (Å²) in [5.41, 5.74) is 3.53. The highest BCUT2D eigenvalue weighted by Gasteiger charge is 2.18. The number of benzene rings is 2. The minimum absolute atomic E-state index is 0.111. The summed E-state index contributed by atoms with van der Waals surface area (Å²) >= 11 is 1.51. The molecule has 0 spiro atoms. The minimum atomic E-state index is -0.111. The Bertz CT molecular complexity index is 1470. The van der Waals surface area contributed by atoms with Gasteiger partial charge in [0.15, 0.2) is 5.16 Å². The van der Waals surface area contributed by atoms with Crippen molar-refractivity contribution < 1.29 is 4.52 Å². The molecule has 0 bridgehead atoms. The minimum Gasteiger partial charge on any atom is -0.361 e. The lowest BCUT2D eigenvalue weighted by Gasteiger charge is -2.13. The maximum atomic E-state index is 13.5. The Morgan fingerprint density at radius 1 is 1.09 bits per heavy atom. The molecule has 7 nitrogen and oxygen atoms in total. The lowest BCUT2D eigenvalue weighted by molar-refractivity contribution is 0.393. The Balaban J connectivity index is 1.67. The van der Waals surface area contributed by atoms with Crippen molar-refractivity contribution in [2.24, 2.45) is 0 Å². The fourth-order valence-electron chi connectivity index (χ4n) is 3.82. The van der Waals surface area contributed by atoms with Crippen LogP contribution in [0, 0.1) is 6.92 Å². The molecule has 3 aromatic heterocycles. The van der Waals surface area contributed by atoms with Crippen LogP contribution in [-0.4, -0.2) is 24.3 Å². The van der Waals surface area contributed by atoms with Crippen LogP contribution in [-0.2, 0) is 5.75 Å². The molecule has 0 radical (unpaired) electrons. The third-order valence-corrected chi connectivity index (χ3v) is 6.72. The van der Waals surface area contributed by atoms with Crippen molar-refractivity contribution in [1.82, 2.24) is 24.3 Å². The van der Waals surface area contributed by atoms with E-state index in [9.17, 15) is 4.79 Å². The summed E-state index contributed by atoms with van der Waals surface area (Å²) in [6.07, 6.45) is 1.06. The van der Waals surface area contributed by atoms with Crippen molar-refractivity contribution in [1.29, 1.82) is 0 Å². The van der Waals surface area contributed by atoms with E-state index in [0.717, 1.165) is 29.1 Å². The number of aryl methyl sites for hydroxylation is 1. The maximum absolute atomic E-state index is 13.5. The van der Waals surface area contributed by atoms with Crippen LogP contribution in [0.4, 0.5) is 0 Å². The summed E-state index contributed by atoms with van der Waals surface area (Å²) in [5, 5.41) is 14.2. The molecule has 0 N–H and O–H groups in total. The molecule has 0 aliphatic carbocycles. The predicted molar refractivity (Wildman–Crippen MR) is 126 cm³/mol. The number of rotatable bonds is 6. The van der Waals surface area contributed by atoms with Crippen LogP contribution in [0.15, 0.2) is 69.1 Å². The van der Waals surface area contributed by atoms with Gasteiger partial charge in [0.2, 0.25) is 5.78 Å². The Kier molecular flexibility index (Phi) is 5.30. The van der Waals surface area contributed by atoms with Crippen LogP contribution >= 0.6 is 11.8 Å². The van der Waals surface area contributed by atoms with Crippen molar-refractivity contribution in [3.05, 3.63) is 82.0 Å². The number of para-hydroxylation sites is 1. The summed E-state index contributed by atoms with van der Waals surface area (Å²) in [6.45, 7) is 6.24. The van der Waals surface area contributed by atoms with Crippen LogP contribution in [0.1, 0.15) is 43.2 Å². The lowest BCUT2D eigenvalue weighted by atomic mass is 9.98. The van der Waals surface area contributed by atoms with Crippen molar-refractivity contribution in [3.8, 4) is 5.69 Å². The van der Waals surface area contributed by atoms with Crippen LogP contribution in [0.25, 0.3) is 22.4 Å². The monoisotopic (exact) mass is 445 g/mol. The molecule has 162 valence electrons. The standard InChI is InChI=1S/C24H23N5O2S/c1-4-15(2)17-9-11-19(12-10-17)28-22(30)20-7-5-6-8-21(20)29-23(28)25-26-24(29)32-14-18-13-16(3)31-27-18/h5-13,15H,4,14H2,1-3H3/t15-/m1/s1. The van der Waals surface area contributed by atoms with Gasteiger partial charge in [-0.25, -0.2) is 4.57 Å². The summed E-state index contributed by atoms with van der Waals surface area (Å²) in [5.74, 6) is 2.32. The zero-order valence-electron chi connectivity index (χ0n) is 18.1. The molecule has 2 aromatic carbocycles. The second-order valence-corrected chi connectivity index (χ2v) is 8.84. The van der Waals surface area contributed by atoms with Crippen molar-refractivity contribution >= 4 is 28.4 Å². The number of thioether (sulfide) groups is 1. The van der Waals surface area contributed by atoms with Gasteiger partial charge in [-0.3, -0.25) is 9.20 Å². The van der Waals surface area contributed by atoms with E-state index >= 15 is 0 Å². The molecule has 0 amide bonds. The van der Waals surface area contributed by atoms with Gasteiger partial charge in [0.1, 0.15) is 5.76 Å².